The van der Waals surface area contributed by atoms with Gasteiger partial charge in [-0.15, -0.1) is 0 Å². The summed E-state index contributed by atoms with van der Waals surface area (Å²) in [5.41, 5.74) is 7.45. The molecule has 4 heteroatoms. The van der Waals surface area contributed by atoms with Gasteiger partial charge in [-0.1, -0.05) is 44.3 Å². The van der Waals surface area contributed by atoms with Gasteiger partial charge in [-0.2, -0.15) is 0 Å². The van der Waals surface area contributed by atoms with Crippen LogP contribution in [0.25, 0.3) is 0 Å². The third kappa shape index (κ3) is 3.09. The molecular weight excluding hydrogens is 256 g/mol. The molecule has 0 saturated carbocycles. The van der Waals surface area contributed by atoms with Crippen LogP contribution < -0.4 is 10.5 Å². The highest BCUT2D eigenvalue weighted by molar-refractivity contribution is 7.80. The van der Waals surface area contributed by atoms with Gasteiger partial charge < -0.3 is 10.5 Å². The largest absolute Gasteiger partial charge is 0.438 e. The van der Waals surface area contributed by atoms with Crippen LogP contribution in [0, 0.1) is 0 Å². The molecule has 0 amide bonds. The lowest BCUT2D eigenvalue weighted by Crippen LogP contribution is -2.11. The standard InChI is InChI=1S/C15H16N2OS/c1-10(2)11-6-3-4-8-13(11)18-15-12(14(16)19)7-5-9-17-15/h3-10H,1-2H3,(H2,16,19). The molecule has 2 rings (SSSR count). The Bertz CT molecular complexity index is 596. The van der Waals surface area contributed by atoms with Gasteiger partial charge in [-0.05, 0) is 29.7 Å². The fourth-order valence-electron chi connectivity index (χ4n) is 1.81. The molecule has 0 fully saturated rings. The summed E-state index contributed by atoms with van der Waals surface area (Å²) >= 11 is 5.01. The predicted molar refractivity (Wildman–Crippen MR) is 80.7 cm³/mol. The van der Waals surface area contributed by atoms with E-state index < -0.39 is 0 Å². The van der Waals surface area contributed by atoms with E-state index in [0.717, 1.165) is 11.3 Å². The lowest BCUT2D eigenvalue weighted by molar-refractivity contribution is 0.453. The summed E-state index contributed by atoms with van der Waals surface area (Å²) in [6, 6.07) is 11.5. The van der Waals surface area contributed by atoms with Gasteiger partial charge in [0.05, 0.1) is 5.56 Å². The Hall–Kier alpha value is -1.94. The van der Waals surface area contributed by atoms with Crippen molar-refractivity contribution in [2.24, 2.45) is 5.73 Å². The van der Waals surface area contributed by atoms with Crippen molar-refractivity contribution in [2.45, 2.75) is 19.8 Å². The molecule has 0 saturated heterocycles. The fourth-order valence-corrected chi connectivity index (χ4v) is 1.97. The summed E-state index contributed by atoms with van der Waals surface area (Å²) in [6.07, 6.45) is 1.66. The minimum Gasteiger partial charge on any atom is -0.438 e. The van der Waals surface area contributed by atoms with Gasteiger partial charge in [0.2, 0.25) is 5.88 Å². The zero-order chi connectivity index (χ0) is 13.8. The molecule has 1 aromatic heterocycles. The van der Waals surface area contributed by atoms with Gasteiger partial charge in [0.15, 0.2) is 0 Å². The maximum atomic E-state index is 5.88. The topological polar surface area (TPSA) is 48.1 Å². The lowest BCUT2D eigenvalue weighted by Gasteiger charge is -2.14. The molecule has 19 heavy (non-hydrogen) atoms. The van der Waals surface area contributed by atoms with Crippen LogP contribution >= 0.6 is 12.2 Å². The molecule has 0 aliphatic carbocycles. The monoisotopic (exact) mass is 272 g/mol. The highest BCUT2D eigenvalue weighted by atomic mass is 32.1. The molecule has 0 bridgehead atoms. The molecule has 0 spiro atoms. The van der Waals surface area contributed by atoms with Gasteiger partial charge >= 0.3 is 0 Å². The zero-order valence-electron chi connectivity index (χ0n) is 11.0. The van der Waals surface area contributed by atoms with Crippen LogP contribution in [0.2, 0.25) is 0 Å². The number of hydrogen-bond acceptors (Lipinski definition) is 3. The Labute approximate surface area is 118 Å². The number of hydrogen-bond donors (Lipinski definition) is 1. The Morgan fingerprint density at radius 2 is 1.95 bits per heavy atom. The van der Waals surface area contributed by atoms with Gasteiger partial charge in [0.1, 0.15) is 10.7 Å². The first-order chi connectivity index (χ1) is 9.09. The summed E-state index contributed by atoms with van der Waals surface area (Å²) in [5.74, 6) is 1.60. The normalized spacial score (nSPS) is 10.5. The number of pyridine rings is 1. The number of nitrogens with two attached hydrogens (primary N) is 1. The second kappa shape index (κ2) is 5.80. The second-order valence-corrected chi connectivity index (χ2v) is 4.95. The minimum absolute atomic E-state index is 0.283. The van der Waals surface area contributed by atoms with Crippen LogP contribution in [-0.2, 0) is 0 Å². The van der Waals surface area contributed by atoms with E-state index in [-0.39, 0.29) is 4.99 Å². The molecule has 0 unspecified atom stereocenters. The molecule has 2 aromatic rings. The smallest absolute Gasteiger partial charge is 0.229 e. The molecule has 1 aromatic carbocycles. The molecule has 3 nitrogen and oxygen atoms in total. The summed E-state index contributed by atoms with van der Waals surface area (Å²) in [6.45, 7) is 4.24. The van der Waals surface area contributed by atoms with Crippen LogP contribution in [0.3, 0.4) is 0 Å². The van der Waals surface area contributed by atoms with Crippen molar-refractivity contribution in [1.82, 2.24) is 4.98 Å². The van der Waals surface area contributed by atoms with Crippen molar-refractivity contribution >= 4 is 17.2 Å². The number of rotatable bonds is 4. The Morgan fingerprint density at radius 1 is 1.21 bits per heavy atom. The number of para-hydroxylation sites is 1. The van der Waals surface area contributed by atoms with Crippen LogP contribution in [0.1, 0.15) is 30.9 Å². The van der Waals surface area contributed by atoms with E-state index in [1.54, 1.807) is 12.3 Å². The summed E-state index contributed by atoms with van der Waals surface area (Å²) in [4.78, 5) is 4.49. The molecule has 2 N–H and O–H groups in total. The van der Waals surface area contributed by atoms with Crippen LogP contribution in [0.15, 0.2) is 42.6 Å². The van der Waals surface area contributed by atoms with E-state index in [2.05, 4.69) is 18.8 Å². The van der Waals surface area contributed by atoms with Gasteiger partial charge in [0.25, 0.3) is 0 Å². The second-order valence-electron chi connectivity index (χ2n) is 4.51. The first kappa shape index (κ1) is 13.5. The summed E-state index contributed by atoms with van der Waals surface area (Å²) in [7, 11) is 0. The number of nitrogens with zero attached hydrogens (tertiary/aromatic N) is 1. The van der Waals surface area contributed by atoms with Crippen molar-refractivity contribution in [3.05, 3.63) is 53.7 Å². The molecule has 0 aliphatic heterocycles. The van der Waals surface area contributed by atoms with Crippen LogP contribution in [-0.4, -0.2) is 9.97 Å². The van der Waals surface area contributed by atoms with Crippen molar-refractivity contribution in [1.29, 1.82) is 0 Å². The van der Waals surface area contributed by atoms with Crippen LogP contribution in [0.5, 0.6) is 11.6 Å². The lowest BCUT2D eigenvalue weighted by atomic mass is 10.0. The quantitative estimate of drug-likeness (QED) is 0.863. The number of benzene rings is 1. The minimum atomic E-state index is 0.283. The SMILES string of the molecule is CC(C)c1ccccc1Oc1ncccc1C(N)=S. The Balaban J connectivity index is 2.39. The molecule has 0 atom stereocenters. The number of aromatic nitrogens is 1. The highest BCUT2D eigenvalue weighted by Crippen LogP contribution is 2.30. The van der Waals surface area contributed by atoms with Gasteiger partial charge in [0, 0.05) is 6.20 Å². The van der Waals surface area contributed by atoms with Crippen molar-refractivity contribution in [2.75, 3.05) is 0 Å². The van der Waals surface area contributed by atoms with E-state index in [9.17, 15) is 0 Å². The molecule has 98 valence electrons. The average Bonchev–Trinajstić information content (AvgIpc) is 2.39. The molecular formula is C15H16N2OS. The van der Waals surface area contributed by atoms with Crippen molar-refractivity contribution < 1.29 is 4.74 Å². The number of ether oxygens (including phenoxy) is 1. The van der Waals surface area contributed by atoms with E-state index in [4.69, 9.17) is 22.7 Å². The maximum absolute atomic E-state index is 5.88. The highest BCUT2D eigenvalue weighted by Gasteiger charge is 2.12. The first-order valence-electron chi connectivity index (χ1n) is 6.11. The summed E-state index contributed by atoms with van der Waals surface area (Å²) in [5, 5.41) is 0. The number of thiocarbonyl (C=S) groups is 1. The third-order valence-electron chi connectivity index (χ3n) is 2.78. The Kier molecular flexibility index (Phi) is 4.12. The van der Waals surface area contributed by atoms with Crippen LogP contribution in [0.4, 0.5) is 0 Å². The Morgan fingerprint density at radius 3 is 2.63 bits per heavy atom. The molecule has 0 radical (unpaired) electrons. The van der Waals surface area contributed by atoms with E-state index in [1.165, 1.54) is 0 Å². The van der Waals surface area contributed by atoms with Crippen molar-refractivity contribution in [3.8, 4) is 11.6 Å². The van der Waals surface area contributed by atoms with E-state index in [1.807, 2.05) is 30.3 Å². The van der Waals surface area contributed by atoms with E-state index >= 15 is 0 Å². The fraction of sp³-hybridized carbons (Fsp3) is 0.200. The molecule has 1 heterocycles. The van der Waals surface area contributed by atoms with Gasteiger partial charge in [-0.25, -0.2) is 4.98 Å². The summed E-state index contributed by atoms with van der Waals surface area (Å²) < 4.78 is 5.88. The molecule has 0 aliphatic rings. The third-order valence-corrected chi connectivity index (χ3v) is 3.00. The first-order valence-corrected chi connectivity index (χ1v) is 6.52. The maximum Gasteiger partial charge on any atom is 0.229 e. The van der Waals surface area contributed by atoms with Gasteiger partial charge in [-0.3, -0.25) is 0 Å². The predicted octanol–water partition coefficient (Wildman–Crippen LogP) is 3.63. The average molecular weight is 272 g/mol. The zero-order valence-corrected chi connectivity index (χ0v) is 11.8. The van der Waals surface area contributed by atoms with E-state index in [0.29, 0.717) is 17.4 Å². The van der Waals surface area contributed by atoms with Crippen molar-refractivity contribution in [3.63, 3.8) is 0 Å².